The zero-order chi connectivity index (χ0) is 23.8. The maximum absolute atomic E-state index is 13.2. The van der Waals surface area contributed by atoms with E-state index in [-0.39, 0.29) is 5.56 Å². The second-order valence-electron chi connectivity index (χ2n) is 8.49. The first-order valence-electron chi connectivity index (χ1n) is 11.6. The first-order valence-corrected chi connectivity index (χ1v) is 12.7. The second kappa shape index (κ2) is 12.2. The molecule has 3 rings (SSSR count). The van der Waals surface area contributed by atoms with Gasteiger partial charge in [-0.15, -0.1) is 0 Å². The number of likely N-dealkylation sites (tertiary alicyclic amines) is 1. The number of hydrogen-bond donors (Lipinski definition) is 1. The average molecular weight is 474 g/mol. The largest absolute Gasteiger partial charge is 0.478 e. The van der Waals surface area contributed by atoms with Crippen molar-refractivity contribution in [3.05, 3.63) is 48.0 Å². The van der Waals surface area contributed by atoms with Gasteiger partial charge in [-0.3, -0.25) is 0 Å². The van der Waals surface area contributed by atoms with Crippen molar-refractivity contribution in [2.75, 3.05) is 51.7 Å². The van der Waals surface area contributed by atoms with Crippen LogP contribution in [-0.4, -0.2) is 71.3 Å². The van der Waals surface area contributed by atoms with Crippen LogP contribution in [-0.2, 0) is 11.0 Å². The van der Waals surface area contributed by atoms with Crippen LogP contribution in [0.1, 0.15) is 43.0 Å². The Morgan fingerprint density at radius 1 is 1.12 bits per heavy atom. The van der Waals surface area contributed by atoms with Gasteiger partial charge in [0.05, 0.1) is 11.3 Å². The molecule has 1 aliphatic heterocycles. The molecule has 33 heavy (non-hydrogen) atoms. The summed E-state index contributed by atoms with van der Waals surface area (Å²) in [5, 5.41) is 9.81. The van der Waals surface area contributed by atoms with Crippen LogP contribution >= 0.6 is 0 Å². The molecule has 0 saturated carbocycles. The van der Waals surface area contributed by atoms with E-state index in [4.69, 9.17) is 4.74 Å². The Morgan fingerprint density at radius 3 is 2.42 bits per heavy atom. The fraction of sp³-hybridized carbons (Fsp3) is 0.480. The molecule has 1 unspecified atom stereocenters. The summed E-state index contributed by atoms with van der Waals surface area (Å²) in [5.74, 6) is 0.0269. The number of aromatic carboxylic acids is 1. The molecule has 1 heterocycles. The summed E-state index contributed by atoms with van der Waals surface area (Å²) >= 11 is 0. The number of carboxylic acids is 1. The highest BCUT2D eigenvalue weighted by atomic mass is 32.2. The molecular weight excluding hydrogens is 438 g/mol. The monoisotopic (exact) mass is 473 g/mol. The number of ether oxygens (including phenoxy) is 1. The van der Waals surface area contributed by atoms with E-state index in [0.717, 1.165) is 45.6 Å². The summed E-state index contributed by atoms with van der Waals surface area (Å²) in [6, 6.07) is 12.5. The predicted molar refractivity (Wildman–Crippen MR) is 133 cm³/mol. The van der Waals surface area contributed by atoms with Crippen molar-refractivity contribution in [1.29, 1.82) is 0 Å². The number of unbranched alkanes of at least 4 members (excludes halogenated alkanes) is 1. The van der Waals surface area contributed by atoms with Crippen LogP contribution in [0.2, 0.25) is 0 Å². The topological polar surface area (TPSA) is 73.3 Å². The Labute approximate surface area is 199 Å². The molecular formula is C25H35N3O4S. The third kappa shape index (κ3) is 6.79. The van der Waals surface area contributed by atoms with E-state index < -0.39 is 17.0 Å². The first kappa shape index (κ1) is 25.2. The molecule has 0 radical (unpaired) electrons. The van der Waals surface area contributed by atoms with Gasteiger partial charge in [-0.1, -0.05) is 31.5 Å². The van der Waals surface area contributed by atoms with Crippen molar-refractivity contribution < 1.29 is 18.8 Å². The Balaban J connectivity index is 2.10. The number of para-hydroxylation sites is 1. The van der Waals surface area contributed by atoms with Gasteiger partial charge in [0.1, 0.15) is 21.6 Å². The van der Waals surface area contributed by atoms with Crippen molar-refractivity contribution in [1.82, 2.24) is 9.21 Å². The lowest BCUT2D eigenvalue weighted by atomic mass is 10.1. The summed E-state index contributed by atoms with van der Waals surface area (Å²) in [7, 11) is 1.83. The minimum absolute atomic E-state index is 0.110. The smallest absolute Gasteiger partial charge is 0.335 e. The van der Waals surface area contributed by atoms with Gasteiger partial charge in [0.25, 0.3) is 0 Å². The molecule has 1 atom stereocenters. The molecule has 8 heteroatoms. The van der Waals surface area contributed by atoms with Gasteiger partial charge < -0.3 is 19.6 Å². The van der Waals surface area contributed by atoms with Crippen LogP contribution in [0.4, 0.5) is 5.69 Å². The molecule has 0 aliphatic carbocycles. The van der Waals surface area contributed by atoms with Gasteiger partial charge in [0.15, 0.2) is 5.75 Å². The molecule has 0 bridgehead atoms. The molecule has 1 fully saturated rings. The quantitative estimate of drug-likeness (QED) is 0.491. The van der Waals surface area contributed by atoms with Crippen molar-refractivity contribution in [2.24, 2.45) is 0 Å². The van der Waals surface area contributed by atoms with Crippen LogP contribution in [0, 0.1) is 0 Å². The lowest BCUT2D eigenvalue weighted by molar-refractivity contribution is 0.0696. The summed E-state index contributed by atoms with van der Waals surface area (Å²) in [4.78, 5) is 17.0. The fourth-order valence-electron chi connectivity index (χ4n) is 3.95. The van der Waals surface area contributed by atoms with E-state index in [1.54, 1.807) is 24.5 Å². The number of carbonyl (C=O) groups is 1. The van der Waals surface area contributed by atoms with Gasteiger partial charge in [-0.25, -0.2) is 13.3 Å². The van der Waals surface area contributed by atoms with E-state index in [2.05, 4.69) is 16.7 Å². The van der Waals surface area contributed by atoms with Gasteiger partial charge in [0, 0.05) is 19.6 Å². The highest BCUT2D eigenvalue weighted by molar-refractivity contribution is 7.82. The minimum atomic E-state index is -1.58. The summed E-state index contributed by atoms with van der Waals surface area (Å²) < 4.78 is 21.1. The number of benzene rings is 2. The number of carboxylic acid groups (broad SMARTS) is 1. The van der Waals surface area contributed by atoms with Crippen LogP contribution in [0.25, 0.3) is 0 Å². The van der Waals surface area contributed by atoms with E-state index in [0.29, 0.717) is 22.1 Å². The highest BCUT2D eigenvalue weighted by Crippen LogP contribution is 2.39. The number of rotatable bonds is 12. The van der Waals surface area contributed by atoms with Crippen molar-refractivity contribution >= 4 is 22.6 Å². The molecule has 0 amide bonds. The lowest BCUT2D eigenvalue weighted by Gasteiger charge is -2.30. The Morgan fingerprint density at radius 2 is 1.82 bits per heavy atom. The molecule has 1 saturated heterocycles. The Kier molecular flexibility index (Phi) is 9.29. The first-order chi connectivity index (χ1) is 15.9. The standard InChI is InChI=1S/C25H35N3O4S/c1-4-5-15-28(17-16-27-13-9-10-14-27)22-18-20(25(29)30)19-23(33(31)26(2)3)24(22)32-21-11-7-6-8-12-21/h6-8,11-12,18-19H,4-5,9-10,13-17H2,1-3H3,(H,29,30). The zero-order valence-corrected chi connectivity index (χ0v) is 20.6. The molecule has 2 aromatic rings. The van der Waals surface area contributed by atoms with Crippen molar-refractivity contribution in [2.45, 2.75) is 37.5 Å². The Hall–Kier alpha value is -2.42. The predicted octanol–water partition coefficient (Wildman–Crippen LogP) is 4.46. The SMILES string of the molecule is CCCCN(CCN1CCCC1)c1cc(C(=O)O)cc(S(=O)N(C)C)c1Oc1ccccc1. The van der Waals surface area contributed by atoms with Crippen molar-refractivity contribution in [3.63, 3.8) is 0 Å². The molecule has 0 spiro atoms. The molecule has 180 valence electrons. The number of hydrogen-bond acceptors (Lipinski definition) is 5. The molecule has 7 nitrogen and oxygen atoms in total. The maximum atomic E-state index is 13.2. The normalized spacial score (nSPS) is 15.0. The zero-order valence-electron chi connectivity index (χ0n) is 19.8. The third-order valence-corrected chi connectivity index (χ3v) is 7.11. The van der Waals surface area contributed by atoms with Gasteiger partial charge in [-0.05, 0) is 70.7 Å². The molecule has 1 N–H and O–H groups in total. The van der Waals surface area contributed by atoms with Crippen molar-refractivity contribution in [3.8, 4) is 11.5 Å². The molecule has 1 aliphatic rings. The summed E-state index contributed by atoms with van der Waals surface area (Å²) in [5.41, 5.74) is 0.787. The fourth-order valence-corrected chi connectivity index (χ4v) is 4.88. The third-order valence-electron chi connectivity index (χ3n) is 5.77. The van der Waals surface area contributed by atoms with E-state index in [1.165, 1.54) is 18.9 Å². The number of nitrogens with zero attached hydrogens (tertiary/aromatic N) is 3. The van der Waals surface area contributed by atoms with E-state index in [9.17, 15) is 14.1 Å². The highest BCUT2D eigenvalue weighted by Gasteiger charge is 2.25. The van der Waals surface area contributed by atoms with E-state index in [1.807, 2.05) is 30.3 Å². The van der Waals surface area contributed by atoms with Crippen LogP contribution < -0.4 is 9.64 Å². The van der Waals surface area contributed by atoms with Gasteiger partial charge in [0.2, 0.25) is 0 Å². The van der Waals surface area contributed by atoms with Crippen LogP contribution in [0.15, 0.2) is 47.4 Å². The minimum Gasteiger partial charge on any atom is -0.478 e. The molecule has 0 aromatic heterocycles. The summed E-state index contributed by atoms with van der Waals surface area (Å²) in [6.45, 7) is 6.76. The summed E-state index contributed by atoms with van der Waals surface area (Å²) in [6.07, 6.45) is 4.42. The average Bonchev–Trinajstić information content (AvgIpc) is 3.33. The molecule has 2 aromatic carbocycles. The van der Waals surface area contributed by atoms with Crippen LogP contribution in [0.3, 0.4) is 0 Å². The maximum Gasteiger partial charge on any atom is 0.335 e. The number of anilines is 1. The van der Waals surface area contributed by atoms with Gasteiger partial charge >= 0.3 is 5.97 Å². The van der Waals surface area contributed by atoms with Crippen LogP contribution in [0.5, 0.6) is 11.5 Å². The second-order valence-corrected chi connectivity index (χ2v) is 10.2. The Bertz CT molecular complexity index is 946. The lowest BCUT2D eigenvalue weighted by Crippen LogP contribution is -2.35. The van der Waals surface area contributed by atoms with E-state index >= 15 is 0 Å². The van der Waals surface area contributed by atoms with Gasteiger partial charge in [-0.2, -0.15) is 0 Å².